The first-order chi connectivity index (χ1) is 19.3. The van der Waals surface area contributed by atoms with Gasteiger partial charge in [-0.15, -0.1) is 0 Å². The lowest BCUT2D eigenvalue weighted by atomic mass is 10.1. The summed E-state index contributed by atoms with van der Waals surface area (Å²) in [4.78, 5) is 14.8. The van der Waals surface area contributed by atoms with Crippen LogP contribution in [0.2, 0.25) is 0 Å². The molecule has 1 saturated heterocycles. The Kier molecular flexibility index (Phi) is 11.2. The predicted molar refractivity (Wildman–Crippen MR) is 152 cm³/mol. The minimum atomic E-state index is -3.87. The summed E-state index contributed by atoms with van der Waals surface area (Å²) in [6, 6.07) is 16.3. The quantitative estimate of drug-likeness (QED) is 0.362. The van der Waals surface area contributed by atoms with Gasteiger partial charge >= 0.3 is 6.09 Å². The number of aliphatic hydroxyl groups is 1. The highest BCUT2D eigenvalue weighted by Crippen LogP contribution is 2.28. The summed E-state index contributed by atoms with van der Waals surface area (Å²) in [7, 11) is -2.34. The Morgan fingerprint density at radius 2 is 1.77 bits per heavy atom. The monoisotopic (exact) mass is 574 g/mol. The van der Waals surface area contributed by atoms with E-state index in [2.05, 4.69) is 0 Å². The molecule has 1 aliphatic heterocycles. The van der Waals surface area contributed by atoms with Gasteiger partial charge in [-0.05, 0) is 61.4 Å². The van der Waals surface area contributed by atoms with Crippen LogP contribution in [0.15, 0.2) is 59.5 Å². The van der Waals surface area contributed by atoms with Gasteiger partial charge in [-0.1, -0.05) is 43.2 Å². The molecule has 1 amide bonds. The van der Waals surface area contributed by atoms with Gasteiger partial charge in [0.25, 0.3) is 0 Å². The number of hydrogen-bond donors (Lipinski definition) is 1. The second-order valence-electron chi connectivity index (χ2n) is 10.7. The normalized spacial score (nSPS) is 18.6. The first kappa shape index (κ1) is 30.3. The summed E-state index contributed by atoms with van der Waals surface area (Å²) in [6.45, 7) is 1.49. The summed E-state index contributed by atoms with van der Waals surface area (Å²) in [5.41, 5.74) is 1.16. The Morgan fingerprint density at radius 1 is 1.05 bits per heavy atom. The number of hydrogen-bond acceptors (Lipinski definition) is 7. The molecule has 0 unspecified atom stereocenters. The summed E-state index contributed by atoms with van der Waals surface area (Å²) in [5.74, 6) is 0.813. The van der Waals surface area contributed by atoms with E-state index in [0.717, 1.165) is 37.7 Å². The van der Waals surface area contributed by atoms with E-state index in [4.69, 9.17) is 14.2 Å². The van der Waals surface area contributed by atoms with Crippen LogP contribution in [-0.4, -0.2) is 87.5 Å². The van der Waals surface area contributed by atoms with Gasteiger partial charge in [-0.25, -0.2) is 13.2 Å². The smallest absolute Gasteiger partial charge is 0.410 e. The molecule has 1 saturated carbocycles. The third-order valence-corrected chi connectivity index (χ3v) is 9.48. The van der Waals surface area contributed by atoms with E-state index < -0.39 is 22.2 Å². The highest BCUT2D eigenvalue weighted by atomic mass is 32.2. The second-order valence-corrected chi connectivity index (χ2v) is 12.6. The van der Waals surface area contributed by atoms with Gasteiger partial charge in [0, 0.05) is 26.1 Å². The largest absolute Gasteiger partial charge is 0.497 e. The zero-order valence-electron chi connectivity index (χ0n) is 23.3. The van der Waals surface area contributed by atoms with Crippen LogP contribution >= 0.6 is 0 Å². The van der Waals surface area contributed by atoms with Crippen LogP contribution in [0.25, 0.3) is 0 Å². The molecular formula is C30H42N2O7S. The van der Waals surface area contributed by atoms with Crippen LogP contribution in [0.1, 0.15) is 44.1 Å². The van der Waals surface area contributed by atoms with Crippen LogP contribution in [0.3, 0.4) is 0 Å². The molecule has 2 aromatic rings. The number of nitrogens with zero attached hydrogens (tertiary/aromatic N) is 2. The molecule has 220 valence electrons. The summed E-state index contributed by atoms with van der Waals surface area (Å²) in [6.07, 6.45) is 4.28. The Morgan fingerprint density at radius 3 is 2.42 bits per heavy atom. The number of carbonyl (C=O) groups excluding carboxylic acids is 1. The Balaban J connectivity index is 1.45. The number of methoxy groups -OCH3 is 1. The van der Waals surface area contributed by atoms with Crippen molar-refractivity contribution in [1.29, 1.82) is 0 Å². The maximum Gasteiger partial charge on any atom is 0.410 e. The Hall–Kier alpha value is -2.66. The van der Waals surface area contributed by atoms with Crippen molar-refractivity contribution in [3.05, 3.63) is 60.2 Å². The Bertz CT molecular complexity index is 1150. The predicted octanol–water partition coefficient (Wildman–Crippen LogP) is 4.10. The topological polar surface area (TPSA) is 106 Å². The molecule has 10 heteroatoms. The lowest BCUT2D eigenvalue weighted by molar-refractivity contribution is 0.0366. The van der Waals surface area contributed by atoms with Crippen LogP contribution in [0.5, 0.6) is 5.75 Å². The zero-order valence-corrected chi connectivity index (χ0v) is 24.1. The number of aliphatic hydroxyl groups excluding tert-OH is 1. The van der Waals surface area contributed by atoms with Crippen molar-refractivity contribution >= 4 is 16.1 Å². The molecule has 0 radical (unpaired) electrons. The number of amides is 1. The first-order valence-corrected chi connectivity index (χ1v) is 15.7. The third kappa shape index (κ3) is 8.67. The average molecular weight is 575 g/mol. The minimum Gasteiger partial charge on any atom is -0.497 e. The van der Waals surface area contributed by atoms with E-state index in [1.807, 2.05) is 30.3 Å². The van der Waals surface area contributed by atoms with E-state index in [-0.39, 0.29) is 30.0 Å². The lowest BCUT2D eigenvalue weighted by Crippen LogP contribution is -2.46. The van der Waals surface area contributed by atoms with Gasteiger partial charge in [0.2, 0.25) is 10.0 Å². The van der Waals surface area contributed by atoms with E-state index in [1.54, 1.807) is 12.1 Å². The zero-order chi connectivity index (χ0) is 28.4. The summed E-state index contributed by atoms with van der Waals surface area (Å²) >= 11 is 0. The molecule has 2 aromatic carbocycles. The van der Waals surface area contributed by atoms with Gasteiger partial charge in [0.05, 0.1) is 37.9 Å². The van der Waals surface area contributed by atoms with E-state index in [1.165, 1.54) is 28.4 Å². The molecule has 0 bridgehead atoms. The van der Waals surface area contributed by atoms with Gasteiger partial charge in [0.15, 0.2) is 0 Å². The van der Waals surface area contributed by atoms with Crippen molar-refractivity contribution in [2.45, 2.75) is 62.0 Å². The molecule has 0 spiro atoms. The van der Waals surface area contributed by atoms with E-state index in [9.17, 15) is 18.3 Å². The summed E-state index contributed by atoms with van der Waals surface area (Å²) in [5, 5.41) is 11.2. The molecule has 40 heavy (non-hydrogen) atoms. The molecule has 2 atom stereocenters. The van der Waals surface area contributed by atoms with Gasteiger partial charge in [-0.2, -0.15) is 4.31 Å². The number of rotatable bonds is 14. The van der Waals surface area contributed by atoms with Gasteiger partial charge < -0.3 is 24.2 Å². The molecule has 2 aliphatic rings. The number of ether oxygens (including phenoxy) is 3. The van der Waals surface area contributed by atoms with Crippen LogP contribution in [-0.2, 0) is 25.9 Å². The van der Waals surface area contributed by atoms with E-state index >= 15 is 0 Å². The molecule has 0 aromatic heterocycles. The summed E-state index contributed by atoms with van der Waals surface area (Å²) < 4.78 is 44.9. The molecule has 1 N–H and O–H groups in total. The molecule has 4 rings (SSSR count). The first-order valence-electron chi connectivity index (χ1n) is 14.2. The number of aryl methyl sites for hydroxylation is 1. The highest BCUT2D eigenvalue weighted by Gasteiger charge is 2.32. The van der Waals surface area contributed by atoms with Crippen molar-refractivity contribution in [3.63, 3.8) is 0 Å². The van der Waals surface area contributed by atoms with Gasteiger partial charge in [-0.3, -0.25) is 0 Å². The van der Waals surface area contributed by atoms with Crippen molar-refractivity contribution < 1.29 is 32.5 Å². The number of benzene rings is 2. The second kappa shape index (κ2) is 14.8. The number of carbonyl (C=O) groups is 1. The average Bonchev–Trinajstić information content (AvgIpc) is 3.67. The maximum absolute atomic E-state index is 13.7. The fourth-order valence-electron chi connectivity index (χ4n) is 5.39. The molecule has 1 heterocycles. The van der Waals surface area contributed by atoms with Crippen molar-refractivity contribution in [3.8, 4) is 5.75 Å². The number of sulfonamides is 1. The fraction of sp³-hybridized carbons (Fsp3) is 0.567. The fourth-order valence-corrected chi connectivity index (χ4v) is 6.95. The van der Waals surface area contributed by atoms with Crippen LogP contribution in [0, 0.1) is 5.92 Å². The molecular weight excluding hydrogens is 532 g/mol. The third-order valence-electron chi connectivity index (χ3n) is 7.63. The van der Waals surface area contributed by atoms with Crippen LogP contribution < -0.4 is 4.74 Å². The van der Waals surface area contributed by atoms with Gasteiger partial charge in [0.1, 0.15) is 11.9 Å². The lowest BCUT2D eigenvalue weighted by Gasteiger charge is -2.30. The van der Waals surface area contributed by atoms with Crippen molar-refractivity contribution in [2.75, 3.05) is 46.5 Å². The SMILES string of the molecule is COc1ccc(S(=O)(=O)N(CC2CCCC2)C[C@@H](O)CN(CCCc2ccccc2)C(=O)O[C@H]2CCOC2)cc1. The highest BCUT2D eigenvalue weighted by molar-refractivity contribution is 7.89. The Labute approximate surface area is 238 Å². The standard InChI is InChI=1S/C30H42N2O7S/c1-37-27-13-15-29(16-14-27)40(35,36)32(20-25-10-5-6-11-25)22-26(33)21-31(30(34)39-28-17-19-38-23-28)18-7-12-24-8-3-2-4-9-24/h2-4,8-9,13-16,25-26,28,33H,5-7,10-12,17-23H2,1H3/t26-,28-/m0/s1. The molecule has 1 aliphatic carbocycles. The van der Waals surface area contributed by atoms with E-state index in [0.29, 0.717) is 44.9 Å². The van der Waals surface area contributed by atoms with Crippen LogP contribution in [0.4, 0.5) is 4.79 Å². The minimum absolute atomic E-state index is 0.0273. The molecule has 2 fully saturated rings. The molecule has 9 nitrogen and oxygen atoms in total. The van der Waals surface area contributed by atoms with Crippen molar-refractivity contribution in [1.82, 2.24) is 9.21 Å². The van der Waals surface area contributed by atoms with Crippen molar-refractivity contribution in [2.24, 2.45) is 5.92 Å². The maximum atomic E-state index is 13.7.